The number of carbonyl (C=O) groups excluding carboxylic acids is 4. The molecule has 10 heteroatoms. The van der Waals surface area contributed by atoms with Gasteiger partial charge in [0, 0.05) is 49.6 Å². The van der Waals surface area contributed by atoms with Crippen LogP contribution in [0.3, 0.4) is 0 Å². The highest BCUT2D eigenvalue weighted by Crippen LogP contribution is 2.44. The van der Waals surface area contributed by atoms with Crippen molar-refractivity contribution in [3.8, 4) is 0 Å². The number of nitrogens with two attached hydrogens (primary N) is 1. The lowest BCUT2D eigenvalue weighted by molar-refractivity contribution is -0.149. The quantitative estimate of drug-likeness (QED) is 0.363. The zero-order chi connectivity index (χ0) is 30.3. The Balaban J connectivity index is 1.13. The first-order valence-electron chi connectivity index (χ1n) is 15.3. The van der Waals surface area contributed by atoms with E-state index in [1.807, 2.05) is 49.5 Å². The van der Waals surface area contributed by atoms with Gasteiger partial charge in [-0.2, -0.15) is 0 Å². The van der Waals surface area contributed by atoms with E-state index in [-0.39, 0.29) is 29.7 Å². The third-order valence-corrected chi connectivity index (χ3v) is 9.53. The van der Waals surface area contributed by atoms with Crippen molar-refractivity contribution < 1.29 is 19.2 Å². The number of nitrogens with zero attached hydrogens (tertiary/aromatic N) is 4. The van der Waals surface area contributed by atoms with Crippen molar-refractivity contribution in [1.29, 1.82) is 0 Å². The lowest BCUT2D eigenvalue weighted by Gasteiger charge is -2.46. The number of likely N-dealkylation sites (tertiary alicyclic amines) is 1. The summed E-state index contributed by atoms with van der Waals surface area (Å²) in [5.74, 6) is -0.669. The minimum atomic E-state index is -0.716. The van der Waals surface area contributed by atoms with Crippen LogP contribution in [0.5, 0.6) is 0 Å². The number of rotatable bonds is 8. The molecular weight excluding hydrogens is 544 g/mol. The molecule has 3 aliphatic heterocycles. The summed E-state index contributed by atoms with van der Waals surface area (Å²) >= 11 is 0. The topological polar surface area (TPSA) is 128 Å². The Labute approximate surface area is 252 Å². The number of hydrogen-bond acceptors (Lipinski definition) is 7. The molecule has 2 aromatic carbocycles. The summed E-state index contributed by atoms with van der Waals surface area (Å²) in [7, 11) is 4.08. The summed E-state index contributed by atoms with van der Waals surface area (Å²) in [4.78, 5) is 61.7. The van der Waals surface area contributed by atoms with E-state index in [1.54, 1.807) is 12.3 Å². The fraction of sp³-hybridized carbons (Fsp3) is 0.485. The van der Waals surface area contributed by atoms with Crippen LogP contribution in [0.15, 0.2) is 47.1 Å². The Bertz CT molecular complexity index is 1530. The molecule has 0 aromatic heterocycles. The van der Waals surface area contributed by atoms with Crippen LogP contribution >= 0.6 is 0 Å². The number of amides is 4. The van der Waals surface area contributed by atoms with Gasteiger partial charge in [0.1, 0.15) is 6.04 Å². The summed E-state index contributed by atoms with van der Waals surface area (Å²) in [6, 6.07) is 8.92. The number of anilines is 1. The van der Waals surface area contributed by atoms with Gasteiger partial charge in [-0.15, -0.1) is 0 Å². The molecule has 2 saturated heterocycles. The molecule has 0 radical (unpaired) electrons. The average molecular weight is 585 g/mol. The van der Waals surface area contributed by atoms with E-state index in [0.717, 1.165) is 73.6 Å². The minimum Gasteiger partial charge on any atom is -0.404 e. The number of carbonyl (C=O) groups is 4. The number of allylic oxidation sites excluding steroid dienone is 1. The smallest absolute Gasteiger partial charge is 0.259 e. The highest BCUT2D eigenvalue weighted by molar-refractivity contribution is 6.27. The van der Waals surface area contributed by atoms with E-state index in [2.05, 4.69) is 10.2 Å². The molecule has 10 nitrogen and oxygen atoms in total. The van der Waals surface area contributed by atoms with Crippen LogP contribution < -0.4 is 16.0 Å². The minimum absolute atomic E-state index is 0.137. The average Bonchev–Trinajstić information content (AvgIpc) is 3.26. The molecule has 3 heterocycles. The van der Waals surface area contributed by atoms with Crippen molar-refractivity contribution in [2.75, 3.05) is 38.6 Å². The molecule has 6 rings (SSSR count). The fourth-order valence-corrected chi connectivity index (χ4v) is 7.23. The summed E-state index contributed by atoms with van der Waals surface area (Å²) in [6.45, 7) is 2.27. The summed E-state index contributed by atoms with van der Waals surface area (Å²) in [5.41, 5.74) is 8.96. The predicted molar refractivity (Wildman–Crippen MR) is 166 cm³/mol. The van der Waals surface area contributed by atoms with Gasteiger partial charge in [0.15, 0.2) is 0 Å². The summed E-state index contributed by atoms with van der Waals surface area (Å²) in [5, 5.41) is 4.12. The standard InChI is InChI=1S/C33H40N6O4/c1-37(2)20-33(13-4-14-33)32(43)38-15-11-23(12-16-38)35-19-21(18-34)17-22-7-8-26-29-24(22)5-3-6-25(29)31(42)39(26)27-9-10-28(40)36-30(27)41/h3,5-8,18-19,23,27H,4,9-17,20,34H2,1-2H3,(H,36,40,41). The zero-order valence-electron chi connectivity index (χ0n) is 25.0. The molecule has 4 aliphatic rings. The molecule has 2 aromatic rings. The fourth-order valence-electron chi connectivity index (χ4n) is 7.23. The number of nitrogens with one attached hydrogen (secondary N) is 1. The van der Waals surface area contributed by atoms with Crippen LogP contribution in [0.1, 0.15) is 60.9 Å². The van der Waals surface area contributed by atoms with E-state index in [0.29, 0.717) is 30.0 Å². The van der Waals surface area contributed by atoms with E-state index < -0.39 is 11.9 Å². The molecule has 1 saturated carbocycles. The van der Waals surface area contributed by atoms with Gasteiger partial charge in [-0.05, 0) is 81.1 Å². The number of aliphatic imine (C=N–C) groups is 1. The Morgan fingerprint density at radius 3 is 2.53 bits per heavy atom. The summed E-state index contributed by atoms with van der Waals surface area (Å²) < 4.78 is 0. The molecule has 1 atom stereocenters. The molecule has 3 fully saturated rings. The van der Waals surface area contributed by atoms with Gasteiger partial charge in [-0.3, -0.25) is 34.4 Å². The zero-order valence-corrected chi connectivity index (χ0v) is 25.0. The third kappa shape index (κ3) is 5.33. The van der Waals surface area contributed by atoms with Gasteiger partial charge in [-0.1, -0.05) is 24.6 Å². The van der Waals surface area contributed by atoms with Gasteiger partial charge in [-0.25, -0.2) is 0 Å². The molecule has 0 bridgehead atoms. The van der Waals surface area contributed by atoms with Gasteiger partial charge >= 0.3 is 0 Å². The second kappa shape index (κ2) is 11.6. The van der Waals surface area contributed by atoms with E-state index in [1.165, 1.54) is 4.90 Å². The van der Waals surface area contributed by atoms with Gasteiger partial charge < -0.3 is 15.5 Å². The van der Waals surface area contributed by atoms with Crippen LogP contribution in [0.4, 0.5) is 5.69 Å². The number of hydrogen-bond donors (Lipinski definition) is 2. The van der Waals surface area contributed by atoms with Gasteiger partial charge in [0.25, 0.3) is 5.91 Å². The van der Waals surface area contributed by atoms with Crippen molar-refractivity contribution in [2.24, 2.45) is 16.1 Å². The second-order valence-corrected chi connectivity index (χ2v) is 12.7. The number of piperidine rings is 2. The third-order valence-electron chi connectivity index (χ3n) is 9.53. The van der Waals surface area contributed by atoms with Crippen molar-refractivity contribution >= 4 is 46.3 Å². The maximum Gasteiger partial charge on any atom is 0.259 e. The first-order chi connectivity index (χ1) is 20.7. The maximum atomic E-state index is 13.4. The highest BCUT2D eigenvalue weighted by Gasteiger charge is 2.47. The van der Waals surface area contributed by atoms with Gasteiger partial charge in [0.05, 0.1) is 17.1 Å². The second-order valence-electron chi connectivity index (χ2n) is 12.7. The lowest BCUT2D eigenvalue weighted by Crippen LogP contribution is -2.54. The number of benzene rings is 2. The van der Waals surface area contributed by atoms with Crippen molar-refractivity contribution in [3.05, 3.63) is 53.2 Å². The van der Waals surface area contributed by atoms with E-state index in [4.69, 9.17) is 10.7 Å². The Hall–Kier alpha value is -4.05. The first-order valence-corrected chi connectivity index (χ1v) is 15.3. The molecular formula is C33H40N6O4. The van der Waals surface area contributed by atoms with Crippen LogP contribution in [0.2, 0.25) is 0 Å². The molecule has 3 N–H and O–H groups in total. The van der Waals surface area contributed by atoms with Gasteiger partial charge in [0.2, 0.25) is 17.7 Å². The molecule has 0 spiro atoms. The van der Waals surface area contributed by atoms with Crippen LogP contribution in [0, 0.1) is 5.41 Å². The number of imide groups is 1. The van der Waals surface area contributed by atoms with Crippen LogP contribution in [-0.2, 0) is 20.8 Å². The molecule has 1 aliphatic carbocycles. The Morgan fingerprint density at radius 2 is 1.88 bits per heavy atom. The Kier molecular flexibility index (Phi) is 7.81. The van der Waals surface area contributed by atoms with Crippen molar-refractivity contribution in [1.82, 2.24) is 15.1 Å². The monoisotopic (exact) mass is 584 g/mol. The first kappa shape index (κ1) is 29.0. The van der Waals surface area contributed by atoms with E-state index in [9.17, 15) is 19.2 Å². The highest BCUT2D eigenvalue weighted by atomic mass is 16.2. The predicted octanol–water partition coefficient (Wildman–Crippen LogP) is 2.78. The van der Waals surface area contributed by atoms with Crippen molar-refractivity contribution in [2.45, 2.75) is 63.5 Å². The Morgan fingerprint density at radius 1 is 1.12 bits per heavy atom. The van der Waals surface area contributed by atoms with Crippen molar-refractivity contribution in [3.63, 3.8) is 0 Å². The lowest BCUT2D eigenvalue weighted by atomic mass is 9.67. The molecule has 4 amide bonds. The van der Waals surface area contributed by atoms with Crippen LogP contribution in [0.25, 0.3) is 10.8 Å². The normalized spacial score (nSPS) is 22.5. The molecule has 226 valence electrons. The molecule has 43 heavy (non-hydrogen) atoms. The molecule has 1 unspecified atom stereocenters. The van der Waals surface area contributed by atoms with E-state index >= 15 is 0 Å². The summed E-state index contributed by atoms with van der Waals surface area (Å²) in [6.07, 6.45) is 9.22. The SMILES string of the molecule is CN(C)CC1(C(=O)N2CCC(N=CC(=CN)Cc3ccc4c5c(cccc35)C(=O)N4C3CCC(=O)NC3=O)CC2)CCC1. The maximum absolute atomic E-state index is 13.4. The largest absolute Gasteiger partial charge is 0.404 e. The van der Waals surface area contributed by atoms with Crippen LogP contribution in [-0.4, -0.2) is 85.5 Å².